The molecule has 1 atom stereocenters. The van der Waals surface area contributed by atoms with Gasteiger partial charge in [-0.3, -0.25) is 4.79 Å². The molecule has 16 heavy (non-hydrogen) atoms. The minimum atomic E-state index is 0.111. The first kappa shape index (κ1) is 12.8. The van der Waals surface area contributed by atoms with Gasteiger partial charge >= 0.3 is 0 Å². The molecular weight excluding hydrogens is 202 g/mol. The average Bonchev–Trinajstić information content (AvgIpc) is 2.74. The molecule has 1 aromatic rings. The normalized spacial score (nSPS) is 12.4. The molecule has 0 fully saturated rings. The fraction of sp³-hybridized carbons (Fsp3) is 0.583. The topological polar surface area (TPSA) is 46.1 Å². The van der Waals surface area contributed by atoms with Gasteiger partial charge in [-0.1, -0.05) is 0 Å². The Morgan fingerprint density at radius 2 is 2.31 bits per heavy atom. The van der Waals surface area contributed by atoms with E-state index in [0.29, 0.717) is 19.0 Å². The number of carbonyl (C=O) groups is 1. The summed E-state index contributed by atoms with van der Waals surface area (Å²) in [6.07, 6.45) is 4.64. The van der Waals surface area contributed by atoms with Gasteiger partial charge in [0.2, 0.25) is 5.91 Å². The first-order valence-electron chi connectivity index (χ1n) is 5.77. The van der Waals surface area contributed by atoms with Gasteiger partial charge in [-0.25, -0.2) is 0 Å². The van der Waals surface area contributed by atoms with Crippen molar-refractivity contribution >= 4 is 5.91 Å². The summed E-state index contributed by atoms with van der Waals surface area (Å²) in [7, 11) is 1.94. The van der Waals surface area contributed by atoms with Gasteiger partial charge in [-0.2, -0.15) is 0 Å². The van der Waals surface area contributed by atoms with Crippen LogP contribution in [0.3, 0.4) is 0 Å². The van der Waals surface area contributed by atoms with Crippen molar-refractivity contribution in [3.05, 3.63) is 24.0 Å². The molecule has 0 aliphatic rings. The van der Waals surface area contributed by atoms with E-state index >= 15 is 0 Å². The van der Waals surface area contributed by atoms with Crippen molar-refractivity contribution in [2.75, 3.05) is 13.6 Å². The lowest BCUT2D eigenvalue weighted by atomic mass is 10.2. The van der Waals surface area contributed by atoms with Gasteiger partial charge in [0.05, 0.1) is 0 Å². The van der Waals surface area contributed by atoms with Gasteiger partial charge in [0, 0.05) is 37.9 Å². The number of rotatable bonds is 6. The number of nitrogens with one attached hydrogen (secondary N) is 2. The Hall–Kier alpha value is -1.29. The van der Waals surface area contributed by atoms with E-state index in [2.05, 4.69) is 34.4 Å². The van der Waals surface area contributed by atoms with Gasteiger partial charge in [0.15, 0.2) is 0 Å². The second-order valence-electron chi connectivity index (χ2n) is 3.90. The van der Waals surface area contributed by atoms with Gasteiger partial charge in [-0.15, -0.1) is 0 Å². The van der Waals surface area contributed by atoms with Crippen molar-refractivity contribution in [3.8, 4) is 0 Å². The molecule has 4 heteroatoms. The Morgan fingerprint density at radius 1 is 1.56 bits per heavy atom. The van der Waals surface area contributed by atoms with E-state index in [1.807, 2.05) is 20.2 Å². The monoisotopic (exact) mass is 223 g/mol. The Labute approximate surface area is 97.0 Å². The van der Waals surface area contributed by atoms with Crippen LogP contribution in [0.2, 0.25) is 0 Å². The van der Waals surface area contributed by atoms with Crippen molar-refractivity contribution in [2.45, 2.75) is 32.9 Å². The van der Waals surface area contributed by atoms with Crippen molar-refractivity contribution in [3.63, 3.8) is 0 Å². The fourth-order valence-corrected chi connectivity index (χ4v) is 1.54. The quantitative estimate of drug-likeness (QED) is 0.763. The maximum Gasteiger partial charge on any atom is 0.221 e. The van der Waals surface area contributed by atoms with Gasteiger partial charge in [0.25, 0.3) is 0 Å². The Bertz CT molecular complexity index is 333. The number of amides is 1. The number of aryl methyl sites for hydroxylation is 1. The van der Waals surface area contributed by atoms with Gasteiger partial charge < -0.3 is 15.2 Å². The van der Waals surface area contributed by atoms with Crippen LogP contribution < -0.4 is 10.6 Å². The first-order chi connectivity index (χ1) is 7.67. The third kappa shape index (κ3) is 3.70. The van der Waals surface area contributed by atoms with Crippen LogP contribution in [-0.4, -0.2) is 24.1 Å². The Morgan fingerprint density at radius 3 is 2.94 bits per heavy atom. The molecule has 0 aliphatic heterocycles. The third-order valence-electron chi connectivity index (χ3n) is 2.68. The molecule has 1 amide bonds. The lowest BCUT2D eigenvalue weighted by Crippen LogP contribution is -2.23. The second-order valence-corrected chi connectivity index (χ2v) is 3.90. The number of hydrogen-bond donors (Lipinski definition) is 2. The molecule has 0 aliphatic carbocycles. The van der Waals surface area contributed by atoms with Crippen LogP contribution in [0.15, 0.2) is 18.5 Å². The molecule has 1 aromatic heterocycles. The van der Waals surface area contributed by atoms with Crippen molar-refractivity contribution in [2.24, 2.45) is 0 Å². The SMILES string of the molecule is CCNC(=O)CCn1ccc(C(C)NC)c1. The number of hydrogen-bond acceptors (Lipinski definition) is 2. The zero-order valence-electron chi connectivity index (χ0n) is 10.3. The third-order valence-corrected chi connectivity index (χ3v) is 2.68. The Balaban J connectivity index is 2.43. The van der Waals surface area contributed by atoms with Crippen LogP contribution in [0.5, 0.6) is 0 Å². The average molecular weight is 223 g/mol. The summed E-state index contributed by atoms with van der Waals surface area (Å²) in [6.45, 7) is 5.48. The lowest BCUT2D eigenvalue weighted by molar-refractivity contribution is -0.121. The van der Waals surface area contributed by atoms with E-state index in [-0.39, 0.29) is 5.91 Å². The summed E-state index contributed by atoms with van der Waals surface area (Å²) >= 11 is 0. The van der Waals surface area contributed by atoms with Crippen LogP contribution >= 0.6 is 0 Å². The highest BCUT2D eigenvalue weighted by Crippen LogP contribution is 2.11. The fourth-order valence-electron chi connectivity index (χ4n) is 1.54. The van der Waals surface area contributed by atoms with Crippen LogP contribution in [0.1, 0.15) is 31.9 Å². The molecule has 0 bridgehead atoms. The molecule has 1 unspecified atom stereocenters. The summed E-state index contributed by atoms with van der Waals surface area (Å²) in [5.41, 5.74) is 1.25. The minimum absolute atomic E-state index is 0.111. The van der Waals surface area contributed by atoms with E-state index < -0.39 is 0 Å². The summed E-state index contributed by atoms with van der Waals surface area (Å²) < 4.78 is 2.05. The van der Waals surface area contributed by atoms with E-state index in [9.17, 15) is 4.79 Å². The summed E-state index contributed by atoms with van der Waals surface area (Å²) in [6, 6.07) is 2.43. The first-order valence-corrected chi connectivity index (χ1v) is 5.77. The van der Waals surface area contributed by atoms with Crippen molar-refractivity contribution in [1.29, 1.82) is 0 Å². The molecule has 90 valence electrons. The summed E-state index contributed by atoms with van der Waals surface area (Å²) in [4.78, 5) is 11.3. The van der Waals surface area contributed by atoms with E-state index in [1.54, 1.807) is 0 Å². The highest BCUT2D eigenvalue weighted by molar-refractivity contribution is 5.75. The molecule has 1 rings (SSSR count). The van der Waals surface area contributed by atoms with Crippen molar-refractivity contribution < 1.29 is 4.79 Å². The van der Waals surface area contributed by atoms with E-state index in [1.165, 1.54) is 5.56 Å². The zero-order valence-corrected chi connectivity index (χ0v) is 10.3. The Kier molecular flexibility index (Phi) is 5.05. The number of aromatic nitrogens is 1. The predicted octanol–water partition coefficient (Wildman–Crippen LogP) is 1.29. The zero-order chi connectivity index (χ0) is 12.0. The minimum Gasteiger partial charge on any atom is -0.356 e. The molecule has 0 spiro atoms. The molecule has 4 nitrogen and oxygen atoms in total. The van der Waals surface area contributed by atoms with E-state index in [0.717, 1.165) is 6.54 Å². The highest BCUT2D eigenvalue weighted by Gasteiger charge is 2.05. The van der Waals surface area contributed by atoms with Crippen LogP contribution in [0, 0.1) is 0 Å². The van der Waals surface area contributed by atoms with Crippen LogP contribution in [-0.2, 0) is 11.3 Å². The number of nitrogens with zero attached hydrogens (tertiary/aromatic N) is 1. The van der Waals surface area contributed by atoms with Gasteiger partial charge in [0.1, 0.15) is 0 Å². The summed E-state index contributed by atoms with van der Waals surface area (Å²) in [5, 5.41) is 5.98. The second kappa shape index (κ2) is 6.33. The standard InChI is InChI=1S/C12H21N3O/c1-4-14-12(16)6-8-15-7-5-11(9-15)10(2)13-3/h5,7,9-10,13H,4,6,8H2,1-3H3,(H,14,16). The molecule has 1 heterocycles. The number of carbonyl (C=O) groups excluding carboxylic acids is 1. The molecule has 0 radical (unpaired) electrons. The highest BCUT2D eigenvalue weighted by atomic mass is 16.1. The smallest absolute Gasteiger partial charge is 0.221 e. The van der Waals surface area contributed by atoms with Crippen LogP contribution in [0.4, 0.5) is 0 Å². The molecule has 0 aromatic carbocycles. The maximum absolute atomic E-state index is 11.3. The maximum atomic E-state index is 11.3. The predicted molar refractivity (Wildman–Crippen MR) is 65.2 cm³/mol. The molecule has 2 N–H and O–H groups in total. The van der Waals surface area contributed by atoms with Crippen LogP contribution in [0.25, 0.3) is 0 Å². The molecule has 0 saturated carbocycles. The summed E-state index contributed by atoms with van der Waals surface area (Å²) in [5.74, 6) is 0.111. The van der Waals surface area contributed by atoms with Crippen molar-refractivity contribution in [1.82, 2.24) is 15.2 Å². The van der Waals surface area contributed by atoms with Gasteiger partial charge in [-0.05, 0) is 32.5 Å². The van der Waals surface area contributed by atoms with E-state index in [4.69, 9.17) is 0 Å². The molecule has 0 saturated heterocycles. The lowest BCUT2D eigenvalue weighted by Gasteiger charge is -2.07. The largest absolute Gasteiger partial charge is 0.356 e. The molecular formula is C12H21N3O.